The molecule has 3 N–H and O–H groups in total. The van der Waals surface area contributed by atoms with Crippen LogP contribution in [0.4, 0.5) is 0 Å². The van der Waals surface area contributed by atoms with Crippen LogP contribution in [0.2, 0.25) is 0 Å². The lowest BCUT2D eigenvalue weighted by molar-refractivity contribution is 0.444. The van der Waals surface area contributed by atoms with E-state index in [1.807, 2.05) is 18.2 Å². The topological polar surface area (TPSA) is 90.4 Å². The molecule has 0 aliphatic rings. The van der Waals surface area contributed by atoms with Gasteiger partial charge in [-0.25, -0.2) is 0 Å². The fourth-order valence-corrected chi connectivity index (χ4v) is 2.67. The summed E-state index contributed by atoms with van der Waals surface area (Å²) in [6, 6.07) is 10.7. The van der Waals surface area contributed by atoms with Gasteiger partial charge < -0.3 is 10.1 Å². The minimum atomic E-state index is -4.47. The van der Waals surface area contributed by atoms with Crippen LogP contribution < -0.4 is 0 Å². The van der Waals surface area contributed by atoms with Crippen molar-refractivity contribution in [3.8, 4) is 5.75 Å². The molecule has 0 aliphatic heterocycles. The molecule has 5 nitrogen and oxygen atoms in total. The Morgan fingerprint density at radius 2 is 1.72 bits per heavy atom. The molecular formula is C12H9NO4S. The van der Waals surface area contributed by atoms with Gasteiger partial charge in [0.05, 0.1) is 5.52 Å². The van der Waals surface area contributed by atoms with Gasteiger partial charge in [-0.2, -0.15) is 8.42 Å². The highest BCUT2D eigenvalue weighted by molar-refractivity contribution is 7.85. The molecule has 0 saturated carbocycles. The second kappa shape index (κ2) is 3.47. The standard InChI is InChI=1S/C12H9NO4S/c14-11-9-6-5-7-3-1-2-4-8(7)10(9)13-12(11)18(15,16)17/h1-6,13-14H,(H,15,16,17). The second-order valence-electron chi connectivity index (χ2n) is 3.99. The summed E-state index contributed by atoms with van der Waals surface area (Å²) in [4.78, 5) is 2.56. The Hall–Kier alpha value is -2.05. The molecule has 18 heavy (non-hydrogen) atoms. The number of aromatic nitrogens is 1. The molecule has 0 fully saturated rings. The smallest absolute Gasteiger partial charge is 0.313 e. The van der Waals surface area contributed by atoms with Crippen molar-refractivity contribution in [1.29, 1.82) is 0 Å². The fraction of sp³-hybridized carbons (Fsp3) is 0. The lowest BCUT2D eigenvalue weighted by Crippen LogP contribution is -1.98. The minimum absolute atomic E-state index is 0.362. The van der Waals surface area contributed by atoms with E-state index in [0.717, 1.165) is 10.8 Å². The van der Waals surface area contributed by atoms with Gasteiger partial charge in [-0.1, -0.05) is 30.3 Å². The van der Waals surface area contributed by atoms with Crippen molar-refractivity contribution in [1.82, 2.24) is 4.98 Å². The third-order valence-electron chi connectivity index (χ3n) is 2.90. The van der Waals surface area contributed by atoms with Gasteiger partial charge in [0.2, 0.25) is 5.03 Å². The first-order chi connectivity index (χ1) is 8.48. The van der Waals surface area contributed by atoms with Crippen LogP contribution in [-0.2, 0) is 10.1 Å². The highest BCUT2D eigenvalue weighted by atomic mass is 32.2. The number of benzene rings is 2. The van der Waals surface area contributed by atoms with Gasteiger partial charge in [0.25, 0.3) is 0 Å². The highest BCUT2D eigenvalue weighted by Gasteiger charge is 2.21. The Morgan fingerprint density at radius 3 is 2.44 bits per heavy atom. The first-order valence-corrected chi connectivity index (χ1v) is 6.62. The number of rotatable bonds is 1. The number of aromatic amines is 1. The minimum Gasteiger partial charge on any atom is -0.504 e. The average Bonchev–Trinajstić information content (AvgIpc) is 2.67. The Balaban J connectivity index is 2.54. The van der Waals surface area contributed by atoms with Gasteiger partial charge in [0, 0.05) is 10.8 Å². The average molecular weight is 263 g/mol. The van der Waals surface area contributed by atoms with Crippen molar-refractivity contribution in [2.75, 3.05) is 0 Å². The molecule has 0 radical (unpaired) electrons. The van der Waals surface area contributed by atoms with E-state index in [1.165, 1.54) is 0 Å². The van der Waals surface area contributed by atoms with E-state index < -0.39 is 20.9 Å². The molecule has 6 heteroatoms. The van der Waals surface area contributed by atoms with Gasteiger partial charge >= 0.3 is 10.1 Å². The third-order valence-corrected chi connectivity index (χ3v) is 3.71. The predicted molar refractivity (Wildman–Crippen MR) is 67.3 cm³/mol. The Labute approximate surface area is 102 Å². The van der Waals surface area contributed by atoms with Crippen molar-refractivity contribution in [2.45, 2.75) is 5.03 Å². The first-order valence-electron chi connectivity index (χ1n) is 5.18. The van der Waals surface area contributed by atoms with Crippen LogP contribution in [0.25, 0.3) is 21.7 Å². The van der Waals surface area contributed by atoms with Crippen molar-refractivity contribution in [3.63, 3.8) is 0 Å². The van der Waals surface area contributed by atoms with Crippen LogP contribution in [0.3, 0.4) is 0 Å². The SMILES string of the molecule is O=S(=O)(O)c1[nH]c2c(ccc3ccccc32)c1O. The summed E-state index contributed by atoms with van der Waals surface area (Å²) >= 11 is 0. The molecule has 0 bridgehead atoms. The molecule has 0 aliphatic carbocycles. The van der Waals surface area contributed by atoms with Crippen LogP contribution >= 0.6 is 0 Å². The number of hydrogen-bond donors (Lipinski definition) is 3. The maximum atomic E-state index is 11.1. The Bertz CT molecular complexity index is 864. The monoisotopic (exact) mass is 263 g/mol. The zero-order chi connectivity index (χ0) is 12.9. The van der Waals surface area contributed by atoms with Crippen molar-refractivity contribution in [2.24, 2.45) is 0 Å². The summed E-state index contributed by atoms with van der Waals surface area (Å²) in [5, 5.41) is 11.3. The molecule has 0 atom stereocenters. The molecule has 3 rings (SSSR count). The Kier molecular flexibility index (Phi) is 2.13. The lowest BCUT2D eigenvalue weighted by Gasteiger charge is -1.98. The summed E-state index contributed by atoms with van der Waals surface area (Å²) < 4.78 is 31.3. The lowest BCUT2D eigenvalue weighted by atomic mass is 10.1. The van der Waals surface area contributed by atoms with Crippen LogP contribution in [0.5, 0.6) is 5.75 Å². The molecule has 2 aromatic carbocycles. The second-order valence-corrected chi connectivity index (χ2v) is 5.35. The number of nitrogens with one attached hydrogen (secondary N) is 1. The molecule has 0 saturated heterocycles. The highest BCUT2D eigenvalue weighted by Crippen LogP contribution is 2.35. The molecule has 0 amide bonds. The number of aromatic hydroxyl groups is 1. The van der Waals surface area contributed by atoms with E-state index in [9.17, 15) is 13.5 Å². The maximum Gasteiger partial charge on any atom is 0.313 e. The normalized spacial score (nSPS) is 12.3. The van der Waals surface area contributed by atoms with Gasteiger partial charge in [0.15, 0.2) is 5.75 Å². The predicted octanol–water partition coefficient (Wildman–Crippen LogP) is 2.27. The summed E-state index contributed by atoms with van der Waals surface area (Å²) in [6.45, 7) is 0. The van der Waals surface area contributed by atoms with Gasteiger partial charge in [0.1, 0.15) is 0 Å². The van der Waals surface area contributed by atoms with Gasteiger partial charge in [-0.3, -0.25) is 4.55 Å². The first kappa shape index (κ1) is 11.1. The van der Waals surface area contributed by atoms with Gasteiger partial charge in [-0.15, -0.1) is 0 Å². The van der Waals surface area contributed by atoms with E-state index in [0.29, 0.717) is 10.9 Å². The van der Waals surface area contributed by atoms with E-state index >= 15 is 0 Å². The summed E-state index contributed by atoms with van der Waals surface area (Å²) in [5.74, 6) is -0.460. The molecule has 0 unspecified atom stereocenters. The molecule has 0 spiro atoms. The molecule has 92 valence electrons. The summed E-state index contributed by atoms with van der Waals surface area (Å²) in [6.07, 6.45) is 0. The van der Waals surface area contributed by atoms with E-state index in [-0.39, 0.29) is 0 Å². The van der Waals surface area contributed by atoms with Crippen LogP contribution in [-0.4, -0.2) is 23.1 Å². The van der Waals surface area contributed by atoms with E-state index in [4.69, 9.17) is 4.55 Å². The van der Waals surface area contributed by atoms with Crippen molar-refractivity contribution < 1.29 is 18.1 Å². The molecule has 1 aromatic heterocycles. The number of H-pyrrole nitrogens is 1. The number of hydrogen-bond acceptors (Lipinski definition) is 3. The van der Waals surface area contributed by atoms with Crippen molar-refractivity contribution >= 4 is 31.8 Å². The maximum absolute atomic E-state index is 11.1. The van der Waals surface area contributed by atoms with Crippen LogP contribution in [0, 0.1) is 0 Å². The van der Waals surface area contributed by atoms with Crippen molar-refractivity contribution in [3.05, 3.63) is 36.4 Å². The fourth-order valence-electron chi connectivity index (χ4n) is 2.09. The zero-order valence-corrected chi connectivity index (χ0v) is 9.90. The van der Waals surface area contributed by atoms with Crippen LogP contribution in [0.1, 0.15) is 0 Å². The largest absolute Gasteiger partial charge is 0.504 e. The summed E-state index contributed by atoms with van der Waals surface area (Å²) in [5.41, 5.74) is 0.484. The molecular weight excluding hydrogens is 254 g/mol. The van der Waals surface area contributed by atoms with E-state index in [2.05, 4.69) is 4.98 Å². The quantitative estimate of drug-likeness (QED) is 0.587. The molecule has 3 aromatic rings. The zero-order valence-electron chi connectivity index (χ0n) is 9.08. The van der Waals surface area contributed by atoms with Gasteiger partial charge in [-0.05, 0) is 11.5 Å². The number of fused-ring (bicyclic) bond motifs is 3. The Morgan fingerprint density at radius 1 is 1.00 bits per heavy atom. The van der Waals surface area contributed by atoms with E-state index in [1.54, 1.807) is 18.2 Å². The third kappa shape index (κ3) is 1.47. The summed E-state index contributed by atoms with van der Waals surface area (Å²) in [7, 11) is -4.47. The van der Waals surface area contributed by atoms with Crippen LogP contribution in [0.15, 0.2) is 41.4 Å². The molecule has 1 heterocycles.